The maximum absolute atomic E-state index is 13.9. The summed E-state index contributed by atoms with van der Waals surface area (Å²) >= 11 is 0. The van der Waals surface area contributed by atoms with E-state index < -0.39 is 24.9 Å². The van der Waals surface area contributed by atoms with Crippen LogP contribution in [0.25, 0.3) is 0 Å². The van der Waals surface area contributed by atoms with Crippen molar-refractivity contribution in [2.75, 3.05) is 27.4 Å². The molecular weight excluding hydrogens is 275 g/mol. The molecule has 0 aromatic heterocycles. The molecule has 1 rings (SSSR count). The molecule has 0 amide bonds. The van der Waals surface area contributed by atoms with E-state index in [0.717, 1.165) is 0 Å². The number of hydrogen-bond donors (Lipinski definition) is 1. The number of benzene rings is 1. The standard InChI is InChI=1S/C13H18F3NO3/c1-18-11-5-8(9(14)6-12(11)19-2)10(17)3-4-20-7-13(15)16/h5-6,10,13H,3-4,7,17H2,1-2H3. The van der Waals surface area contributed by atoms with E-state index in [1.807, 2.05) is 0 Å². The van der Waals surface area contributed by atoms with Crippen LogP contribution in [0.5, 0.6) is 11.5 Å². The Kier molecular flexibility index (Phi) is 6.60. The molecule has 1 unspecified atom stereocenters. The molecule has 7 heteroatoms. The van der Waals surface area contributed by atoms with Gasteiger partial charge in [0.2, 0.25) is 0 Å². The summed E-state index contributed by atoms with van der Waals surface area (Å²) in [5, 5.41) is 0. The third kappa shape index (κ3) is 4.57. The van der Waals surface area contributed by atoms with E-state index in [2.05, 4.69) is 0 Å². The number of hydrogen-bond acceptors (Lipinski definition) is 4. The summed E-state index contributed by atoms with van der Waals surface area (Å²) in [7, 11) is 2.83. The van der Waals surface area contributed by atoms with Gasteiger partial charge in [-0.15, -0.1) is 0 Å². The van der Waals surface area contributed by atoms with Crippen LogP contribution in [0.2, 0.25) is 0 Å². The highest BCUT2D eigenvalue weighted by molar-refractivity contribution is 5.44. The second kappa shape index (κ2) is 7.96. The van der Waals surface area contributed by atoms with Crippen molar-refractivity contribution in [3.8, 4) is 11.5 Å². The van der Waals surface area contributed by atoms with Gasteiger partial charge >= 0.3 is 0 Å². The molecule has 0 aliphatic heterocycles. The third-order valence-corrected chi connectivity index (χ3v) is 2.72. The normalized spacial score (nSPS) is 12.6. The van der Waals surface area contributed by atoms with Crippen LogP contribution in [0.3, 0.4) is 0 Å². The summed E-state index contributed by atoms with van der Waals surface area (Å²) < 4.78 is 52.4. The number of ether oxygens (including phenoxy) is 3. The van der Waals surface area contributed by atoms with Crippen molar-refractivity contribution in [3.05, 3.63) is 23.5 Å². The number of nitrogens with two attached hydrogens (primary N) is 1. The second-order valence-corrected chi connectivity index (χ2v) is 4.09. The monoisotopic (exact) mass is 293 g/mol. The highest BCUT2D eigenvalue weighted by Gasteiger charge is 2.16. The van der Waals surface area contributed by atoms with Gasteiger partial charge in [-0.2, -0.15) is 0 Å². The molecule has 1 aromatic rings. The topological polar surface area (TPSA) is 53.7 Å². The quantitative estimate of drug-likeness (QED) is 0.748. The Morgan fingerprint density at radius 3 is 2.30 bits per heavy atom. The summed E-state index contributed by atoms with van der Waals surface area (Å²) in [6, 6.07) is 1.94. The van der Waals surface area contributed by atoms with E-state index in [4.69, 9.17) is 19.9 Å². The first-order valence-electron chi connectivity index (χ1n) is 6.02. The van der Waals surface area contributed by atoms with Gasteiger partial charge in [0.15, 0.2) is 11.5 Å². The van der Waals surface area contributed by atoms with Gasteiger partial charge in [0, 0.05) is 24.3 Å². The average molecular weight is 293 g/mol. The molecule has 0 saturated heterocycles. The van der Waals surface area contributed by atoms with Gasteiger partial charge in [0.1, 0.15) is 12.4 Å². The van der Waals surface area contributed by atoms with E-state index in [-0.39, 0.29) is 24.3 Å². The van der Waals surface area contributed by atoms with Crippen LogP contribution in [-0.4, -0.2) is 33.9 Å². The van der Waals surface area contributed by atoms with Crippen LogP contribution in [0.15, 0.2) is 12.1 Å². The molecule has 0 bridgehead atoms. The van der Waals surface area contributed by atoms with Gasteiger partial charge in [-0.05, 0) is 12.5 Å². The van der Waals surface area contributed by atoms with Gasteiger partial charge in [0.05, 0.1) is 14.2 Å². The van der Waals surface area contributed by atoms with Crippen LogP contribution < -0.4 is 15.2 Å². The molecule has 114 valence electrons. The predicted molar refractivity (Wildman–Crippen MR) is 67.9 cm³/mol. The highest BCUT2D eigenvalue weighted by Crippen LogP contribution is 2.32. The lowest BCUT2D eigenvalue weighted by atomic mass is 10.0. The third-order valence-electron chi connectivity index (χ3n) is 2.72. The van der Waals surface area contributed by atoms with Gasteiger partial charge in [0.25, 0.3) is 6.43 Å². The molecule has 0 heterocycles. The van der Waals surface area contributed by atoms with Gasteiger partial charge in [-0.1, -0.05) is 0 Å². The highest BCUT2D eigenvalue weighted by atomic mass is 19.3. The van der Waals surface area contributed by atoms with Crippen molar-refractivity contribution in [3.63, 3.8) is 0 Å². The predicted octanol–water partition coefficient (Wildman–Crippen LogP) is 2.51. The Hall–Kier alpha value is -1.47. The van der Waals surface area contributed by atoms with Crippen LogP contribution >= 0.6 is 0 Å². The van der Waals surface area contributed by atoms with Gasteiger partial charge in [-0.3, -0.25) is 0 Å². The van der Waals surface area contributed by atoms with Crippen LogP contribution in [0.1, 0.15) is 18.0 Å². The first-order chi connectivity index (χ1) is 9.49. The summed E-state index contributed by atoms with van der Waals surface area (Å²) in [4.78, 5) is 0. The summed E-state index contributed by atoms with van der Waals surface area (Å²) in [6.45, 7) is -0.625. The van der Waals surface area contributed by atoms with E-state index >= 15 is 0 Å². The fourth-order valence-corrected chi connectivity index (χ4v) is 1.69. The lowest BCUT2D eigenvalue weighted by molar-refractivity contribution is 0.0151. The summed E-state index contributed by atoms with van der Waals surface area (Å²) in [5.41, 5.74) is 6.05. The maximum Gasteiger partial charge on any atom is 0.261 e. The number of halogens is 3. The van der Waals surface area contributed by atoms with Crippen molar-refractivity contribution >= 4 is 0 Å². The van der Waals surface area contributed by atoms with Crippen LogP contribution in [-0.2, 0) is 4.74 Å². The molecular formula is C13H18F3NO3. The SMILES string of the molecule is COc1cc(F)c(C(N)CCOCC(F)F)cc1OC. The molecule has 20 heavy (non-hydrogen) atoms. The summed E-state index contributed by atoms with van der Waals surface area (Å²) in [5.74, 6) is 0.0757. The Morgan fingerprint density at radius 1 is 1.15 bits per heavy atom. The zero-order valence-electron chi connectivity index (χ0n) is 11.4. The largest absolute Gasteiger partial charge is 0.493 e. The molecule has 0 fully saturated rings. The zero-order chi connectivity index (χ0) is 15.1. The minimum atomic E-state index is -2.52. The van der Waals surface area contributed by atoms with E-state index in [9.17, 15) is 13.2 Å². The fourth-order valence-electron chi connectivity index (χ4n) is 1.69. The molecule has 0 aliphatic rings. The van der Waals surface area contributed by atoms with Crippen molar-refractivity contribution in [1.82, 2.24) is 0 Å². The summed E-state index contributed by atoms with van der Waals surface area (Å²) in [6.07, 6.45) is -2.30. The molecule has 1 atom stereocenters. The number of alkyl halides is 2. The average Bonchev–Trinajstić information content (AvgIpc) is 2.42. The molecule has 2 N–H and O–H groups in total. The second-order valence-electron chi connectivity index (χ2n) is 4.09. The molecule has 0 saturated carbocycles. The number of methoxy groups -OCH3 is 2. The lowest BCUT2D eigenvalue weighted by Crippen LogP contribution is -2.16. The molecule has 0 spiro atoms. The Labute approximate surface area is 115 Å². The minimum Gasteiger partial charge on any atom is -0.493 e. The molecule has 1 aromatic carbocycles. The lowest BCUT2D eigenvalue weighted by Gasteiger charge is -2.16. The van der Waals surface area contributed by atoms with E-state index in [0.29, 0.717) is 5.75 Å². The fraction of sp³-hybridized carbons (Fsp3) is 0.538. The number of rotatable bonds is 8. The van der Waals surface area contributed by atoms with Gasteiger partial charge in [-0.25, -0.2) is 13.2 Å². The van der Waals surface area contributed by atoms with Crippen molar-refractivity contribution in [2.24, 2.45) is 5.73 Å². The maximum atomic E-state index is 13.9. The first kappa shape index (κ1) is 16.6. The van der Waals surface area contributed by atoms with Crippen molar-refractivity contribution in [2.45, 2.75) is 18.9 Å². The van der Waals surface area contributed by atoms with E-state index in [1.165, 1.54) is 26.4 Å². The van der Waals surface area contributed by atoms with Crippen molar-refractivity contribution < 1.29 is 27.4 Å². The van der Waals surface area contributed by atoms with Crippen molar-refractivity contribution in [1.29, 1.82) is 0 Å². The first-order valence-corrected chi connectivity index (χ1v) is 6.02. The zero-order valence-corrected chi connectivity index (χ0v) is 11.4. The molecule has 0 radical (unpaired) electrons. The Morgan fingerprint density at radius 2 is 1.75 bits per heavy atom. The van der Waals surface area contributed by atoms with Crippen LogP contribution in [0.4, 0.5) is 13.2 Å². The molecule has 4 nitrogen and oxygen atoms in total. The molecule has 0 aliphatic carbocycles. The smallest absolute Gasteiger partial charge is 0.261 e. The van der Waals surface area contributed by atoms with Crippen LogP contribution in [0, 0.1) is 5.82 Å². The van der Waals surface area contributed by atoms with Gasteiger partial charge < -0.3 is 19.9 Å². The van der Waals surface area contributed by atoms with E-state index in [1.54, 1.807) is 0 Å². The minimum absolute atomic E-state index is 0.0271. The Balaban J connectivity index is 2.69. The Bertz CT molecular complexity index is 430.